The molecule has 1 aromatic rings. The second-order valence-electron chi connectivity index (χ2n) is 6.14. The minimum Gasteiger partial charge on any atom is -0.480 e. The first-order valence-electron chi connectivity index (χ1n) is 8.30. The van der Waals surface area contributed by atoms with E-state index in [1.807, 2.05) is 31.2 Å². The van der Waals surface area contributed by atoms with Crippen molar-refractivity contribution in [2.45, 2.75) is 25.8 Å². The minimum atomic E-state index is -1.29. The molecule has 1 saturated heterocycles. The molecule has 1 aliphatic rings. The van der Waals surface area contributed by atoms with Crippen LogP contribution in [0.4, 0.5) is 0 Å². The van der Waals surface area contributed by atoms with Gasteiger partial charge < -0.3 is 16.2 Å². The van der Waals surface area contributed by atoms with Crippen molar-refractivity contribution >= 4 is 58.1 Å². The van der Waals surface area contributed by atoms with Crippen LogP contribution >= 0.6 is 24.0 Å². The molecule has 0 saturated carbocycles. The number of carbonyl (C=O) groups excluding carboxylic acids is 3. The van der Waals surface area contributed by atoms with Crippen molar-refractivity contribution in [3.63, 3.8) is 0 Å². The van der Waals surface area contributed by atoms with Gasteiger partial charge >= 0.3 is 5.97 Å². The van der Waals surface area contributed by atoms with Crippen LogP contribution in [0.2, 0.25) is 0 Å². The molecule has 0 aliphatic carbocycles. The van der Waals surface area contributed by atoms with Crippen LogP contribution in [0.5, 0.6) is 0 Å². The summed E-state index contributed by atoms with van der Waals surface area (Å²) in [5.41, 5.74) is 6.92. The first-order valence-corrected chi connectivity index (χ1v) is 9.52. The molecule has 0 spiro atoms. The molecule has 0 bridgehead atoms. The second kappa shape index (κ2) is 9.47. The van der Waals surface area contributed by atoms with Crippen LogP contribution in [0.15, 0.2) is 29.2 Å². The van der Waals surface area contributed by atoms with E-state index in [2.05, 4.69) is 5.32 Å². The van der Waals surface area contributed by atoms with E-state index in [1.165, 1.54) is 0 Å². The fourth-order valence-electron chi connectivity index (χ4n) is 2.38. The number of rotatable bonds is 8. The Kier molecular flexibility index (Phi) is 7.30. The van der Waals surface area contributed by atoms with E-state index in [-0.39, 0.29) is 17.2 Å². The Morgan fingerprint density at radius 2 is 1.96 bits per heavy atom. The Morgan fingerprint density at radius 3 is 2.54 bits per heavy atom. The van der Waals surface area contributed by atoms with Crippen molar-refractivity contribution in [2.75, 3.05) is 6.54 Å². The molecule has 8 nitrogen and oxygen atoms in total. The molecule has 2 rings (SSSR count). The molecule has 3 amide bonds. The summed E-state index contributed by atoms with van der Waals surface area (Å²) < 4.78 is 0.211. The van der Waals surface area contributed by atoms with Crippen molar-refractivity contribution in [1.82, 2.24) is 10.2 Å². The zero-order valence-corrected chi connectivity index (χ0v) is 16.6. The van der Waals surface area contributed by atoms with Gasteiger partial charge in [0, 0.05) is 6.42 Å². The number of primary amides is 1. The Morgan fingerprint density at radius 1 is 1.32 bits per heavy atom. The highest BCUT2D eigenvalue weighted by atomic mass is 32.2. The number of amides is 3. The van der Waals surface area contributed by atoms with Gasteiger partial charge in [0.25, 0.3) is 5.91 Å². The Hall–Kier alpha value is -2.72. The molecule has 148 valence electrons. The van der Waals surface area contributed by atoms with Gasteiger partial charge in [0.15, 0.2) is 0 Å². The van der Waals surface area contributed by atoms with E-state index in [9.17, 15) is 19.2 Å². The fourth-order valence-corrected chi connectivity index (χ4v) is 3.63. The Bertz CT molecular complexity index is 851. The smallest absolute Gasteiger partial charge is 0.326 e. The summed E-state index contributed by atoms with van der Waals surface area (Å²) in [6, 6.07) is 6.28. The van der Waals surface area contributed by atoms with Crippen molar-refractivity contribution in [1.29, 1.82) is 0 Å². The summed E-state index contributed by atoms with van der Waals surface area (Å²) >= 11 is 6.24. The zero-order chi connectivity index (χ0) is 20.8. The summed E-state index contributed by atoms with van der Waals surface area (Å²) in [4.78, 5) is 48.2. The third kappa shape index (κ3) is 5.89. The monoisotopic (exact) mass is 421 g/mol. The number of aryl methyl sites for hydroxylation is 1. The van der Waals surface area contributed by atoms with Crippen LogP contribution in [0.3, 0.4) is 0 Å². The first kappa shape index (κ1) is 21.6. The van der Waals surface area contributed by atoms with Gasteiger partial charge in [0.1, 0.15) is 16.9 Å². The zero-order valence-electron chi connectivity index (χ0n) is 15.0. The highest BCUT2D eigenvalue weighted by Gasteiger charge is 2.34. The molecule has 0 radical (unpaired) electrons. The number of nitrogens with one attached hydrogen (secondary N) is 1. The number of thioether (sulfide) groups is 1. The number of carbonyl (C=O) groups is 4. The van der Waals surface area contributed by atoms with Crippen molar-refractivity contribution < 1.29 is 24.3 Å². The SMILES string of the molecule is Cc1ccc(/C=C2/SC(=S)N(CC(=O)N[C@H](CCC(N)=O)C(=O)O)C2=O)cc1. The van der Waals surface area contributed by atoms with E-state index in [0.29, 0.717) is 4.91 Å². The summed E-state index contributed by atoms with van der Waals surface area (Å²) in [7, 11) is 0. The molecule has 10 heteroatoms. The molecule has 4 N–H and O–H groups in total. The average molecular weight is 422 g/mol. The lowest BCUT2D eigenvalue weighted by molar-refractivity contribution is -0.142. The van der Waals surface area contributed by atoms with Crippen LogP contribution in [-0.4, -0.2) is 50.6 Å². The van der Waals surface area contributed by atoms with Crippen molar-refractivity contribution in [3.8, 4) is 0 Å². The lowest BCUT2D eigenvalue weighted by Crippen LogP contribution is -2.46. The minimum absolute atomic E-state index is 0.137. The molecular formula is C18H19N3O5S2. The molecule has 1 aliphatic heterocycles. The van der Waals surface area contributed by atoms with Gasteiger partial charge in [0.05, 0.1) is 4.91 Å². The average Bonchev–Trinajstić information content (AvgIpc) is 2.87. The topological polar surface area (TPSA) is 130 Å². The van der Waals surface area contributed by atoms with Gasteiger partial charge in [-0.25, -0.2) is 4.79 Å². The number of nitrogens with two attached hydrogens (primary N) is 1. The number of thiocarbonyl (C=S) groups is 1. The molecule has 1 aromatic carbocycles. The van der Waals surface area contributed by atoms with Gasteiger partial charge in [0.2, 0.25) is 11.8 Å². The van der Waals surface area contributed by atoms with Crippen LogP contribution < -0.4 is 11.1 Å². The lowest BCUT2D eigenvalue weighted by Gasteiger charge is -2.17. The summed E-state index contributed by atoms with van der Waals surface area (Å²) in [5.74, 6) is -3.07. The maximum absolute atomic E-state index is 12.5. The molecular weight excluding hydrogens is 402 g/mol. The van der Waals surface area contributed by atoms with Crippen LogP contribution in [0, 0.1) is 6.92 Å². The maximum atomic E-state index is 12.5. The van der Waals surface area contributed by atoms with Crippen LogP contribution in [0.25, 0.3) is 6.08 Å². The highest BCUT2D eigenvalue weighted by molar-refractivity contribution is 8.26. The summed E-state index contributed by atoms with van der Waals surface area (Å²) in [5, 5.41) is 11.4. The fraction of sp³-hybridized carbons (Fsp3) is 0.278. The molecule has 1 atom stereocenters. The maximum Gasteiger partial charge on any atom is 0.326 e. The van der Waals surface area contributed by atoms with Crippen LogP contribution in [0.1, 0.15) is 24.0 Å². The first-order chi connectivity index (χ1) is 13.2. The second-order valence-corrected chi connectivity index (χ2v) is 7.82. The number of nitrogens with zero attached hydrogens (tertiary/aromatic N) is 1. The standard InChI is InChI=1S/C18H19N3O5S2/c1-10-2-4-11(5-3-10)8-13-16(24)21(18(27)28-13)9-15(23)20-12(17(25)26)6-7-14(19)22/h2-5,8,12H,6-7,9H2,1H3,(H2,19,22)(H,20,23)(H,25,26)/b13-8+/t12-/m1/s1. The van der Waals surface area contributed by atoms with E-state index in [4.69, 9.17) is 23.1 Å². The molecule has 1 heterocycles. The number of hydrogen-bond donors (Lipinski definition) is 3. The lowest BCUT2D eigenvalue weighted by atomic mass is 10.1. The van der Waals surface area contributed by atoms with Gasteiger partial charge in [-0.1, -0.05) is 53.8 Å². The number of hydrogen-bond acceptors (Lipinski definition) is 6. The molecule has 28 heavy (non-hydrogen) atoms. The Balaban J connectivity index is 2.02. The number of aliphatic carboxylic acids is 1. The van der Waals surface area contributed by atoms with Crippen molar-refractivity contribution in [3.05, 3.63) is 40.3 Å². The number of benzene rings is 1. The quantitative estimate of drug-likeness (QED) is 0.422. The number of carboxylic acid groups (broad SMARTS) is 1. The van der Waals surface area contributed by atoms with Gasteiger partial charge in [-0.2, -0.15) is 0 Å². The van der Waals surface area contributed by atoms with Crippen molar-refractivity contribution in [2.24, 2.45) is 5.73 Å². The predicted molar refractivity (Wildman–Crippen MR) is 109 cm³/mol. The van der Waals surface area contributed by atoms with Gasteiger partial charge in [-0.15, -0.1) is 0 Å². The Labute approximate surface area is 171 Å². The third-order valence-electron chi connectivity index (χ3n) is 3.86. The molecule has 0 aromatic heterocycles. The molecule has 0 unspecified atom stereocenters. The largest absolute Gasteiger partial charge is 0.480 e. The van der Waals surface area contributed by atoms with Crippen LogP contribution in [-0.2, 0) is 19.2 Å². The highest BCUT2D eigenvalue weighted by Crippen LogP contribution is 2.32. The summed E-state index contributed by atoms with van der Waals surface area (Å²) in [6.07, 6.45) is 1.36. The van der Waals surface area contributed by atoms with E-state index in [0.717, 1.165) is 27.8 Å². The van der Waals surface area contributed by atoms with E-state index in [1.54, 1.807) is 6.08 Å². The van der Waals surface area contributed by atoms with E-state index >= 15 is 0 Å². The predicted octanol–water partition coefficient (Wildman–Crippen LogP) is 1.03. The van der Waals surface area contributed by atoms with Gasteiger partial charge in [-0.3, -0.25) is 19.3 Å². The third-order valence-corrected chi connectivity index (χ3v) is 5.24. The number of carboxylic acids is 1. The normalized spacial score (nSPS) is 16.3. The molecule has 1 fully saturated rings. The van der Waals surface area contributed by atoms with E-state index < -0.39 is 36.3 Å². The summed E-state index contributed by atoms with van der Waals surface area (Å²) in [6.45, 7) is 1.55. The van der Waals surface area contributed by atoms with Gasteiger partial charge in [-0.05, 0) is 25.0 Å².